The van der Waals surface area contributed by atoms with Crippen molar-refractivity contribution in [3.8, 4) is 0 Å². The van der Waals surface area contributed by atoms with E-state index in [0.29, 0.717) is 21.3 Å². The maximum Gasteiger partial charge on any atom is 0.170 e. The van der Waals surface area contributed by atoms with Crippen molar-refractivity contribution in [1.29, 1.82) is 0 Å². The van der Waals surface area contributed by atoms with E-state index < -0.39 is 0 Å². The average Bonchev–Trinajstić information content (AvgIpc) is 2.59. The summed E-state index contributed by atoms with van der Waals surface area (Å²) in [7, 11) is 1.77. The minimum atomic E-state index is -0.0562. The summed E-state index contributed by atoms with van der Waals surface area (Å²) in [5.41, 5.74) is 1.97. The highest BCUT2D eigenvalue weighted by atomic mass is 79.9. The third-order valence-corrected chi connectivity index (χ3v) is 4.24. The first-order valence-electron chi connectivity index (χ1n) is 5.56. The molecule has 0 aliphatic rings. The molecule has 0 spiro atoms. The highest BCUT2D eigenvalue weighted by Crippen LogP contribution is 2.25. The molecule has 0 N–H and O–H groups in total. The summed E-state index contributed by atoms with van der Waals surface area (Å²) in [6, 6.07) is 5.13. The fourth-order valence-corrected chi connectivity index (χ4v) is 2.70. The van der Waals surface area contributed by atoms with Gasteiger partial charge in [0, 0.05) is 22.1 Å². The highest BCUT2D eigenvalue weighted by molar-refractivity contribution is 9.10. The molecular weight excluding hydrogens is 351 g/mol. The van der Waals surface area contributed by atoms with Crippen LogP contribution in [0.15, 0.2) is 22.7 Å². The molecule has 0 aliphatic carbocycles. The standard InChI is InChI=1S/C13H11BrCl2N2O/c1-7-13(16)11(18(2)17-7)6-12(19)9-5-8(15)3-4-10(9)14/h3-5H,6H2,1-2H3. The van der Waals surface area contributed by atoms with Crippen LogP contribution >= 0.6 is 39.1 Å². The number of carbonyl (C=O) groups is 1. The molecule has 0 radical (unpaired) electrons. The van der Waals surface area contributed by atoms with Gasteiger partial charge in [-0.25, -0.2) is 0 Å². The second kappa shape index (κ2) is 5.65. The highest BCUT2D eigenvalue weighted by Gasteiger charge is 2.17. The van der Waals surface area contributed by atoms with Gasteiger partial charge in [0.2, 0.25) is 0 Å². The molecule has 0 atom stereocenters. The Morgan fingerprint density at radius 1 is 1.42 bits per heavy atom. The van der Waals surface area contributed by atoms with Gasteiger partial charge in [0.15, 0.2) is 5.78 Å². The van der Waals surface area contributed by atoms with Gasteiger partial charge >= 0.3 is 0 Å². The first kappa shape index (κ1) is 14.6. The summed E-state index contributed by atoms with van der Waals surface area (Å²) >= 11 is 15.4. The Morgan fingerprint density at radius 2 is 2.11 bits per heavy atom. The summed E-state index contributed by atoms with van der Waals surface area (Å²) in [5.74, 6) is -0.0562. The van der Waals surface area contributed by atoms with Gasteiger partial charge in [0.25, 0.3) is 0 Å². The van der Waals surface area contributed by atoms with Crippen LogP contribution in [-0.2, 0) is 13.5 Å². The number of aromatic nitrogens is 2. The van der Waals surface area contributed by atoms with E-state index in [1.807, 2.05) is 6.92 Å². The average molecular weight is 362 g/mol. The van der Waals surface area contributed by atoms with Crippen molar-refractivity contribution in [3.63, 3.8) is 0 Å². The fraction of sp³-hybridized carbons (Fsp3) is 0.231. The predicted octanol–water partition coefficient (Wildman–Crippen LogP) is 4.22. The van der Waals surface area contributed by atoms with E-state index in [9.17, 15) is 4.79 Å². The first-order chi connectivity index (χ1) is 8.90. The number of ketones is 1. The SMILES string of the molecule is Cc1nn(C)c(CC(=O)c2cc(Cl)ccc2Br)c1Cl. The largest absolute Gasteiger partial charge is 0.294 e. The molecule has 0 bridgehead atoms. The molecule has 3 nitrogen and oxygen atoms in total. The minimum Gasteiger partial charge on any atom is -0.294 e. The lowest BCUT2D eigenvalue weighted by atomic mass is 10.1. The molecule has 1 aromatic heterocycles. The molecule has 2 rings (SSSR count). The monoisotopic (exact) mass is 360 g/mol. The number of hydrogen-bond donors (Lipinski definition) is 0. The van der Waals surface area contributed by atoms with Gasteiger partial charge < -0.3 is 0 Å². The molecule has 0 fully saturated rings. The number of rotatable bonds is 3. The molecule has 1 heterocycles. The molecular formula is C13H11BrCl2N2O. The van der Waals surface area contributed by atoms with Crippen LogP contribution in [0.4, 0.5) is 0 Å². The Morgan fingerprint density at radius 3 is 2.68 bits per heavy atom. The zero-order valence-electron chi connectivity index (χ0n) is 10.4. The Balaban J connectivity index is 2.33. The number of halogens is 3. The molecule has 19 heavy (non-hydrogen) atoms. The van der Waals surface area contributed by atoms with E-state index in [-0.39, 0.29) is 12.2 Å². The first-order valence-corrected chi connectivity index (χ1v) is 7.11. The van der Waals surface area contributed by atoms with Crippen LogP contribution in [0.3, 0.4) is 0 Å². The van der Waals surface area contributed by atoms with Gasteiger partial charge in [-0.15, -0.1) is 0 Å². The van der Waals surface area contributed by atoms with Crippen molar-refractivity contribution >= 4 is 44.9 Å². The summed E-state index contributed by atoms with van der Waals surface area (Å²) in [6.07, 6.45) is 0.190. The van der Waals surface area contributed by atoms with Crippen LogP contribution in [0.2, 0.25) is 10.0 Å². The van der Waals surface area contributed by atoms with Crippen LogP contribution in [0, 0.1) is 6.92 Å². The number of Topliss-reactive ketones (excluding diaryl/α,β-unsaturated/α-hetero) is 1. The summed E-state index contributed by atoms with van der Waals surface area (Å²) in [4.78, 5) is 12.3. The summed E-state index contributed by atoms with van der Waals surface area (Å²) < 4.78 is 2.35. The van der Waals surface area contributed by atoms with E-state index in [0.717, 1.165) is 10.2 Å². The lowest BCUT2D eigenvalue weighted by molar-refractivity contribution is 0.0990. The molecule has 100 valence electrons. The van der Waals surface area contributed by atoms with Gasteiger partial charge in [-0.05, 0) is 25.1 Å². The maximum atomic E-state index is 12.3. The van der Waals surface area contributed by atoms with Gasteiger partial charge in [0.05, 0.1) is 22.8 Å². The lowest BCUT2D eigenvalue weighted by Gasteiger charge is -2.05. The third kappa shape index (κ3) is 3.02. The normalized spacial score (nSPS) is 10.8. The van der Waals surface area contributed by atoms with E-state index in [4.69, 9.17) is 23.2 Å². The second-order valence-corrected chi connectivity index (χ2v) is 5.86. The van der Waals surface area contributed by atoms with Crippen LogP contribution in [0.5, 0.6) is 0 Å². The molecule has 6 heteroatoms. The molecule has 0 saturated carbocycles. The number of hydrogen-bond acceptors (Lipinski definition) is 2. The Hall–Kier alpha value is -0.840. The number of aryl methyl sites for hydroxylation is 2. The Kier molecular flexibility index (Phi) is 4.33. The Labute approximate surface area is 129 Å². The van der Waals surface area contributed by atoms with Gasteiger partial charge in [0.1, 0.15) is 0 Å². The summed E-state index contributed by atoms with van der Waals surface area (Å²) in [6.45, 7) is 1.81. The topological polar surface area (TPSA) is 34.9 Å². The van der Waals surface area contributed by atoms with E-state index in [1.54, 1.807) is 29.9 Å². The van der Waals surface area contributed by atoms with Crippen molar-refractivity contribution < 1.29 is 4.79 Å². The molecule has 0 saturated heterocycles. The molecule has 0 aliphatic heterocycles. The molecule has 0 unspecified atom stereocenters. The zero-order valence-corrected chi connectivity index (χ0v) is 13.5. The van der Waals surface area contributed by atoms with Gasteiger partial charge in [-0.1, -0.05) is 39.1 Å². The van der Waals surface area contributed by atoms with E-state index in [2.05, 4.69) is 21.0 Å². The van der Waals surface area contributed by atoms with Crippen LogP contribution in [-0.4, -0.2) is 15.6 Å². The molecule has 2 aromatic rings. The van der Waals surface area contributed by atoms with Crippen molar-refractivity contribution in [3.05, 3.63) is 49.7 Å². The predicted molar refractivity (Wildman–Crippen MR) is 80.1 cm³/mol. The van der Waals surface area contributed by atoms with Crippen LogP contribution in [0.25, 0.3) is 0 Å². The molecule has 0 amide bonds. The maximum absolute atomic E-state index is 12.3. The van der Waals surface area contributed by atoms with Crippen molar-refractivity contribution in [2.75, 3.05) is 0 Å². The van der Waals surface area contributed by atoms with Crippen molar-refractivity contribution in [1.82, 2.24) is 9.78 Å². The van der Waals surface area contributed by atoms with Gasteiger partial charge in [-0.3, -0.25) is 9.48 Å². The minimum absolute atomic E-state index is 0.0562. The number of benzene rings is 1. The quantitative estimate of drug-likeness (QED) is 0.767. The number of carbonyl (C=O) groups excluding carboxylic acids is 1. The van der Waals surface area contributed by atoms with E-state index >= 15 is 0 Å². The van der Waals surface area contributed by atoms with Crippen molar-refractivity contribution in [2.45, 2.75) is 13.3 Å². The lowest BCUT2D eigenvalue weighted by Crippen LogP contribution is -2.09. The Bertz CT molecular complexity index is 652. The van der Waals surface area contributed by atoms with Crippen LogP contribution in [0.1, 0.15) is 21.7 Å². The number of nitrogens with zero attached hydrogens (tertiary/aromatic N) is 2. The second-order valence-electron chi connectivity index (χ2n) is 4.19. The fourth-order valence-electron chi connectivity index (χ4n) is 1.83. The third-order valence-electron chi connectivity index (χ3n) is 2.82. The van der Waals surface area contributed by atoms with Crippen molar-refractivity contribution in [2.24, 2.45) is 7.05 Å². The summed E-state index contributed by atoms with van der Waals surface area (Å²) in [5, 5.41) is 5.25. The van der Waals surface area contributed by atoms with E-state index in [1.165, 1.54) is 0 Å². The van der Waals surface area contributed by atoms with Gasteiger partial charge in [-0.2, -0.15) is 5.10 Å². The zero-order chi connectivity index (χ0) is 14.2. The van der Waals surface area contributed by atoms with Crippen LogP contribution < -0.4 is 0 Å². The smallest absolute Gasteiger partial charge is 0.170 e. The molecule has 1 aromatic carbocycles.